The fraction of sp³-hybridized carbons (Fsp3) is 0.0952. The number of amides is 1. The third-order valence-electron chi connectivity index (χ3n) is 4.22. The van der Waals surface area contributed by atoms with Crippen LogP contribution in [0.1, 0.15) is 15.9 Å². The zero-order valence-corrected chi connectivity index (χ0v) is 16.6. The Morgan fingerprint density at radius 1 is 1.00 bits per heavy atom. The molecule has 0 aliphatic heterocycles. The fourth-order valence-electron chi connectivity index (χ4n) is 2.70. The van der Waals surface area contributed by atoms with E-state index in [4.69, 9.17) is 4.74 Å². The van der Waals surface area contributed by atoms with Gasteiger partial charge in [0.25, 0.3) is 15.9 Å². The van der Waals surface area contributed by atoms with Gasteiger partial charge in [-0.2, -0.15) is 0 Å². The Kier molecular flexibility index (Phi) is 5.84. The molecule has 3 rings (SSSR count). The first-order valence-electron chi connectivity index (χ1n) is 8.63. The Hall–Kier alpha value is -3.39. The van der Waals surface area contributed by atoms with Crippen molar-refractivity contribution in [3.05, 3.63) is 83.7 Å². The van der Waals surface area contributed by atoms with Gasteiger partial charge >= 0.3 is 0 Å². The standard InChI is InChI=1S/C21H19FN2O4S/c1-14-5-3-4-6-18(14)21(25)23-19-13-17(11-12-20(19)28-2)29(26,27)24-16-9-7-15(22)8-10-16/h3-13,24H,1-2H3,(H,23,25). The van der Waals surface area contributed by atoms with Crippen molar-refractivity contribution in [1.29, 1.82) is 0 Å². The molecular formula is C21H19FN2O4S. The third kappa shape index (κ3) is 4.72. The number of carbonyl (C=O) groups excluding carboxylic acids is 1. The molecule has 0 saturated heterocycles. The molecule has 0 aromatic heterocycles. The highest BCUT2D eigenvalue weighted by atomic mass is 32.2. The van der Waals surface area contributed by atoms with Gasteiger partial charge in [0.2, 0.25) is 0 Å². The van der Waals surface area contributed by atoms with Crippen LogP contribution >= 0.6 is 0 Å². The Morgan fingerprint density at radius 3 is 2.34 bits per heavy atom. The molecule has 0 bridgehead atoms. The molecule has 29 heavy (non-hydrogen) atoms. The predicted octanol–water partition coefficient (Wildman–Crippen LogP) is 4.20. The number of benzene rings is 3. The van der Waals surface area contributed by atoms with Crippen molar-refractivity contribution >= 4 is 27.3 Å². The lowest BCUT2D eigenvalue weighted by Gasteiger charge is -2.14. The first kappa shape index (κ1) is 20.3. The lowest BCUT2D eigenvalue weighted by atomic mass is 10.1. The van der Waals surface area contributed by atoms with E-state index in [-0.39, 0.29) is 22.2 Å². The first-order chi connectivity index (χ1) is 13.8. The van der Waals surface area contributed by atoms with Gasteiger partial charge in [-0.05, 0) is 61.0 Å². The minimum absolute atomic E-state index is 0.0808. The van der Waals surface area contributed by atoms with Crippen molar-refractivity contribution in [2.75, 3.05) is 17.1 Å². The monoisotopic (exact) mass is 414 g/mol. The second-order valence-electron chi connectivity index (χ2n) is 6.24. The smallest absolute Gasteiger partial charge is 0.261 e. The molecule has 8 heteroatoms. The lowest BCUT2D eigenvalue weighted by molar-refractivity contribution is 0.102. The van der Waals surface area contributed by atoms with Crippen molar-refractivity contribution < 1.29 is 22.3 Å². The summed E-state index contributed by atoms with van der Waals surface area (Å²) in [5.41, 5.74) is 1.67. The minimum Gasteiger partial charge on any atom is -0.495 e. The zero-order valence-electron chi connectivity index (χ0n) is 15.8. The van der Waals surface area contributed by atoms with Gasteiger partial charge in [-0.1, -0.05) is 18.2 Å². The van der Waals surface area contributed by atoms with Crippen LogP contribution in [-0.4, -0.2) is 21.4 Å². The largest absolute Gasteiger partial charge is 0.495 e. The van der Waals surface area contributed by atoms with Crippen molar-refractivity contribution in [2.45, 2.75) is 11.8 Å². The Labute approximate surface area is 168 Å². The predicted molar refractivity (Wildman–Crippen MR) is 109 cm³/mol. The highest BCUT2D eigenvalue weighted by molar-refractivity contribution is 7.92. The summed E-state index contributed by atoms with van der Waals surface area (Å²) in [6, 6.07) is 16.1. The van der Waals surface area contributed by atoms with Crippen molar-refractivity contribution in [2.24, 2.45) is 0 Å². The van der Waals surface area contributed by atoms with Gasteiger partial charge in [0.15, 0.2) is 0 Å². The van der Waals surface area contributed by atoms with Gasteiger partial charge < -0.3 is 10.1 Å². The minimum atomic E-state index is -3.96. The molecule has 0 aliphatic rings. The highest BCUT2D eigenvalue weighted by Gasteiger charge is 2.19. The summed E-state index contributed by atoms with van der Waals surface area (Å²) in [4.78, 5) is 12.5. The summed E-state index contributed by atoms with van der Waals surface area (Å²) in [6.45, 7) is 1.81. The molecule has 1 amide bonds. The second-order valence-corrected chi connectivity index (χ2v) is 7.93. The van der Waals surface area contributed by atoms with Crippen LogP contribution < -0.4 is 14.8 Å². The molecule has 2 N–H and O–H groups in total. The van der Waals surface area contributed by atoms with Gasteiger partial charge in [0, 0.05) is 11.3 Å². The van der Waals surface area contributed by atoms with E-state index in [9.17, 15) is 17.6 Å². The van der Waals surface area contributed by atoms with E-state index in [0.29, 0.717) is 11.3 Å². The summed E-state index contributed by atoms with van der Waals surface area (Å²) in [5, 5.41) is 2.70. The van der Waals surface area contributed by atoms with Gasteiger partial charge in [-0.3, -0.25) is 9.52 Å². The van der Waals surface area contributed by atoms with Gasteiger partial charge in [0.05, 0.1) is 17.7 Å². The molecule has 0 fully saturated rings. The maximum absolute atomic E-state index is 13.0. The van der Waals surface area contributed by atoms with Crippen LogP contribution in [0.5, 0.6) is 5.75 Å². The number of sulfonamides is 1. The summed E-state index contributed by atoms with van der Waals surface area (Å²) in [7, 11) is -2.54. The number of rotatable bonds is 6. The Balaban J connectivity index is 1.91. The molecule has 3 aromatic rings. The van der Waals surface area contributed by atoms with Gasteiger partial charge in [0.1, 0.15) is 11.6 Å². The summed E-state index contributed by atoms with van der Waals surface area (Å²) in [5.74, 6) is -0.547. The number of ether oxygens (including phenoxy) is 1. The molecule has 0 heterocycles. The van der Waals surface area contributed by atoms with Crippen LogP contribution in [-0.2, 0) is 10.0 Å². The van der Waals surface area contributed by atoms with E-state index in [1.54, 1.807) is 25.1 Å². The van der Waals surface area contributed by atoms with Crippen LogP contribution in [0.2, 0.25) is 0 Å². The lowest BCUT2D eigenvalue weighted by Crippen LogP contribution is -2.16. The molecule has 6 nitrogen and oxygen atoms in total. The molecule has 0 atom stereocenters. The van der Waals surface area contributed by atoms with Crippen molar-refractivity contribution in [3.8, 4) is 5.75 Å². The highest BCUT2D eigenvalue weighted by Crippen LogP contribution is 2.29. The van der Waals surface area contributed by atoms with Crippen LogP contribution in [0.15, 0.2) is 71.6 Å². The van der Waals surface area contributed by atoms with Gasteiger partial charge in [-0.25, -0.2) is 12.8 Å². The number of anilines is 2. The third-order valence-corrected chi connectivity index (χ3v) is 5.59. The molecule has 0 unspecified atom stereocenters. The average Bonchev–Trinajstić information content (AvgIpc) is 2.70. The molecule has 0 saturated carbocycles. The topological polar surface area (TPSA) is 84.5 Å². The summed E-state index contributed by atoms with van der Waals surface area (Å²) in [6.07, 6.45) is 0. The summed E-state index contributed by atoms with van der Waals surface area (Å²) >= 11 is 0. The van der Waals surface area contributed by atoms with Crippen LogP contribution in [0.3, 0.4) is 0 Å². The number of halogens is 1. The molecule has 3 aromatic carbocycles. The maximum Gasteiger partial charge on any atom is 0.261 e. The quantitative estimate of drug-likeness (QED) is 0.633. The molecule has 150 valence electrons. The molecule has 0 radical (unpaired) electrons. The number of methoxy groups -OCH3 is 1. The van der Waals surface area contributed by atoms with Crippen molar-refractivity contribution in [3.63, 3.8) is 0 Å². The number of aryl methyl sites for hydroxylation is 1. The zero-order chi connectivity index (χ0) is 21.0. The molecule has 0 aliphatic carbocycles. The molecular weight excluding hydrogens is 395 g/mol. The fourth-order valence-corrected chi connectivity index (χ4v) is 3.79. The maximum atomic E-state index is 13.0. The van der Waals surface area contributed by atoms with E-state index in [2.05, 4.69) is 10.0 Å². The second kappa shape index (κ2) is 8.32. The van der Waals surface area contributed by atoms with E-state index >= 15 is 0 Å². The SMILES string of the molecule is COc1ccc(S(=O)(=O)Nc2ccc(F)cc2)cc1NC(=O)c1ccccc1C. The number of hydrogen-bond acceptors (Lipinski definition) is 4. The first-order valence-corrected chi connectivity index (χ1v) is 10.1. The number of carbonyl (C=O) groups is 1. The van der Waals surface area contributed by atoms with Crippen molar-refractivity contribution in [1.82, 2.24) is 0 Å². The number of hydrogen-bond donors (Lipinski definition) is 2. The van der Waals surface area contributed by atoms with Crippen LogP contribution in [0, 0.1) is 12.7 Å². The Morgan fingerprint density at radius 2 is 1.69 bits per heavy atom. The van der Waals surface area contributed by atoms with E-state index < -0.39 is 15.8 Å². The number of nitrogens with one attached hydrogen (secondary N) is 2. The average molecular weight is 414 g/mol. The normalized spacial score (nSPS) is 11.0. The van der Waals surface area contributed by atoms with Crippen LogP contribution in [0.25, 0.3) is 0 Å². The van der Waals surface area contributed by atoms with E-state index in [0.717, 1.165) is 17.7 Å². The van der Waals surface area contributed by atoms with Crippen LogP contribution in [0.4, 0.5) is 15.8 Å². The molecule has 0 spiro atoms. The van der Waals surface area contributed by atoms with E-state index in [1.807, 2.05) is 6.07 Å². The Bertz CT molecular complexity index is 1150. The summed E-state index contributed by atoms with van der Waals surface area (Å²) < 4.78 is 46.0. The van der Waals surface area contributed by atoms with Gasteiger partial charge in [-0.15, -0.1) is 0 Å². The van der Waals surface area contributed by atoms with E-state index in [1.165, 1.54) is 37.4 Å².